The van der Waals surface area contributed by atoms with Crippen LogP contribution in [0, 0.1) is 11.6 Å². The summed E-state index contributed by atoms with van der Waals surface area (Å²) in [5, 5.41) is 12.5. The van der Waals surface area contributed by atoms with Gasteiger partial charge in [0.1, 0.15) is 0 Å². The summed E-state index contributed by atoms with van der Waals surface area (Å²) in [6.45, 7) is -0.146. The average molecular weight is 299 g/mol. The quantitative estimate of drug-likeness (QED) is 0.839. The second-order valence-corrected chi connectivity index (χ2v) is 5.40. The van der Waals surface area contributed by atoms with Crippen LogP contribution in [0.3, 0.4) is 0 Å². The topological polar surface area (TPSA) is 58.6 Å². The first kappa shape index (κ1) is 15.7. The van der Waals surface area contributed by atoms with Gasteiger partial charge < -0.3 is 15.2 Å². The van der Waals surface area contributed by atoms with Gasteiger partial charge in [0.15, 0.2) is 11.6 Å². The van der Waals surface area contributed by atoms with Gasteiger partial charge in [-0.15, -0.1) is 0 Å². The standard InChI is InChI=1S/C15H19F2NO3/c1-21-14(20)10-5-6-11(13(17)12(10)16)18-15(9-19)7-3-2-4-8-15/h5-6,18-19H,2-4,7-9H2,1H3. The molecule has 0 bridgehead atoms. The molecule has 0 aromatic heterocycles. The number of hydrogen-bond acceptors (Lipinski definition) is 4. The van der Waals surface area contributed by atoms with Crippen LogP contribution in [0.15, 0.2) is 12.1 Å². The van der Waals surface area contributed by atoms with Crippen molar-refractivity contribution in [2.24, 2.45) is 0 Å². The molecular weight excluding hydrogens is 280 g/mol. The fourth-order valence-corrected chi connectivity index (χ4v) is 2.75. The van der Waals surface area contributed by atoms with Crippen molar-refractivity contribution < 1.29 is 23.4 Å². The fourth-order valence-electron chi connectivity index (χ4n) is 2.75. The zero-order chi connectivity index (χ0) is 15.5. The van der Waals surface area contributed by atoms with Gasteiger partial charge in [-0.2, -0.15) is 0 Å². The second-order valence-electron chi connectivity index (χ2n) is 5.40. The molecule has 0 atom stereocenters. The Labute approximate surface area is 122 Å². The Bertz CT molecular complexity index is 528. The number of carbonyl (C=O) groups is 1. The van der Waals surface area contributed by atoms with E-state index in [1.807, 2.05) is 0 Å². The number of benzene rings is 1. The lowest BCUT2D eigenvalue weighted by molar-refractivity contribution is 0.0594. The first-order chi connectivity index (χ1) is 10.0. The van der Waals surface area contributed by atoms with Crippen molar-refractivity contribution in [2.45, 2.75) is 37.6 Å². The summed E-state index contributed by atoms with van der Waals surface area (Å²) in [5.74, 6) is -3.29. The molecular formula is C15H19F2NO3. The maximum Gasteiger partial charge on any atom is 0.340 e. The van der Waals surface area contributed by atoms with Crippen molar-refractivity contribution >= 4 is 11.7 Å². The minimum Gasteiger partial charge on any atom is -0.465 e. The van der Waals surface area contributed by atoms with Crippen molar-refractivity contribution in [3.8, 4) is 0 Å². The van der Waals surface area contributed by atoms with E-state index in [2.05, 4.69) is 10.1 Å². The summed E-state index contributed by atoms with van der Waals surface area (Å²) in [6, 6.07) is 2.48. The molecule has 2 rings (SSSR count). The van der Waals surface area contributed by atoms with Crippen molar-refractivity contribution in [1.82, 2.24) is 0 Å². The molecule has 0 heterocycles. The molecule has 1 aliphatic carbocycles. The summed E-state index contributed by atoms with van der Waals surface area (Å²) in [7, 11) is 1.11. The number of ether oxygens (including phenoxy) is 1. The van der Waals surface area contributed by atoms with Gasteiger partial charge in [0.2, 0.25) is 0 Å². The molecule has 0 amide bonds. The highest BCUT2D eigenvalue weighted by molar-refractivity contribution is 5.90. The maximum atomic E-state index is 14.1. The van der Waals surface area contributed by atoms with Crippen LogP contribution in [0.5, 0.6) is 0 Å². The minimum absolute atomic E-state index is 0.0453. The Kier molecular flexibility index (Phi) is 4.77. The first-order valence-corrected chi connectivity index (χ1v) is 6.98. The molecule has 1 aromatic carbocycles. The SMILES string of the molecule is COC(=O)c1ccc(NC2(CO)CCCCC2)c(F)c1F. The lowest BCUT2D eigenvalue weighted by Gasteiger charge is -2.37. The van der Waals surface area contributed by atoms with Crippen LogP contribution >= 0.6 is 0 Å². The average Bonchev–Trinajstić information content (AvgIpc) is 2.52. The number of aliphatic hydroxyl groups excluding tert-OH is 1. The van der Waals surface area contributed by atoms with E-state index in [0.717, 1.165) is 26.4 Å². The van der Waals surface area contributed by atoms with E-state index in [-0.39, 0.29) is 12.3 Å². The van der Waals surface area contributed by atoms with Gasteiger partial charge in [-0.25, -0.2) is 13.6 Å². The highest BCUT2D eigenvalue weighted by Gasteiger charge is 2.32. The summed E-state index contributed by atoms with van der Waals surface area (Å²) >= 11 is 0. The predicted octanol–water partition coefficient (Wildman–Crippen LogP) is 2.86. The van der Waals surface area contributed by atoms with Gasteiger partial charge in [0, 0.05) is 0 Å². The second kappa shape index (κ2) is 6.39. The van der Waals surface area contributed by atoms with Crippen molar-refractivity contribution in [3.05, 3.63) is 29.3 Å². The molecule has 21 heavy (non-hydrogen) atoms. The molecule has 6 heteroatoms. The number of anilines is 1. The number of rotatable bonds is 4. The maximum absolute atomic E-state index is 14.1. The highest BCUT2D eigenvalue weighted by atomic mass is 19.2. The molecule has 116 valence electrons. The zero-order valence-corrected chi connectivity index (χ0v) is 11.9. The van der Waals surface area contributed by atoms with E-state index in [1.165, 1.54) is 12.1 Å². The lowest BCUT2D eigenvalue weighted by atomic mass is 9.82. The lowest BCUT2D eigenvalue weighted by Crippen LogP contribution is -2.44. The molecule has 0 radical (unpaired) electrons. The van der Waals surface area contributed by atoms with Crippen LogP contribution in [-0.4, -0.2) is 30.3 Å². The van der Waals surface area contributed by atoms with Crippen LogP contribution in [-0.2, 0) is 4.74 Å². The van der Waals surface area contributed by atoms with E-state index in [9.17, 15) is 18.7 Å². The summed E-state index contributed by atoms with van der Waals surface area (Å²) in [4.78, 5) is 11.3. The molecule has 0 saturated heterocycles. The number of methoxy groups -OCH3 is 1. The third-order valence-electron chi connectivity index (χ3n) is 4.00. The van der Waals surface area contributed by atoms with E-state index < -0.39 is 28.7 Å². The molecule has 1 aromatic rings. The summed E-state index contributed by atoms with van der Waals surface area (Å²) in [6.07, 6.45) is 4.32. The normalized spacial score (nSPS) is 17.3. The minimum atomic E-state index is -1.24. The summed E-state index contributed by atoms with van der Waals surface area (Å²) < 4.78 is 32.4. The Morgan fingerprint density at radius 3 is 2.52 bits per heavy atom. The van der Waals surface area contributed by atoms with Gasteiger partial charge in [-0.05, 0) is 25.0 Å². The fraction of sp³-hybridized carbons (Fsp3) is 0.533. The number of halogens is 2. The third-order valence-corrected chi connectivity index (χ3v) is 4.00. The predicted molar refractivity (Wildman–Crippen MR) is 74.2 cm³/mol. The molecule has 1 fully saturated rings. The largest absolute Gasteiger partial charge is 0.465 e. The Morgan fingerprint density at radius 2 is 1.95 bits per heavy atom. The number of carbonyl (C=O) groups excluding carboxylic acids is 1. The van der Waals surface area contributed by atoms with Gasteiger partial charge >= 0.3 is 5.97 Å². The van der Waals surface area contributed by atoms with Gasteiger partial charge in [0.05, 0.1) is 30.5 Å². The summed E-state index contributed by atoms with van der Waals surface area (Å²) in [5.41, 5.74) is -1.11. The smallest absolute Gasteiger partial charge is 0.340 e. The van der Waals surface area contributed by atoms with Crippen LogP contribution in [0.1, 0.15) is 42.5 Å². The third kappa shape index (κ3) is 3.15. The van der Waals surface area contributed by atoms with Crippen LogP contribution in [0.2, 0.25) is 0 Å². The van der Waals surface area contributed by atoms with Gasteiger partial charge in [0.25, 0.3) is 0 Å². The van der Waals surface area contributed by atoms with Crippen LogP contribution in [0.4, 0.5) is 14.5 Å². The molecule has 2 N–H and O–H groups in total. The molecule has 0 aliphatic heterocycles. The number of hydrogen-bond donors (Lipinski definition) is 2. The number of esters is 1. The molecule has 0 unspecified atom stereocenters. The molecule has 0 spiro atoms. The van der Waals surface area contributed by atoms with Crippen molar-refractivity contribution in [1.29, 1.82) is 0 Å². The van der Waals surface area contributed by atoms with Gasteiger partial charge in [-0.1, -0.05) is 19.3 Å². The van der Waals surface area contributed by atoms with Crippen LogP contribution < -0.4 is 5.32 Å². The first-order valence-electron chi connectivity index (χ1n) is 6.98. The van der Waals surface area contributed by atoms with Crippen LogP contribution in [0.25, 0.3) is 0 Å². The molecule has 4 nitrogen and oxygen atoms in total. The molecule has 1 aliphatic rings. The van der Waals surface area contributed by atoms with Crippen molar-refractivity contribution in [2.75, 3.05) is 19.0 Å². The Morgan fingerprint density at radius 1 is 1.29 bits per heavy atom. The Hall–Kier alpha value is -1.69. The van der Waals surface area contributed by atoms with E-state index in [1.54, 1.807) is 0 Å². The number of nitrogens with one attached hydrogen (secondary N) is 1. The zero-order valence-electron chi connectivity index (χ0n) is 11.9. The molecule has 1 saturated carbocycles. The monoisotopic (exact) mass is 299 g/mol. The van der Waals surface area contributed by atoms with Gasteiger partial charge in [-0.3, -0.25) is 0 Å². The van der Waals surface area contributed by atoms with E-state index in [4.69, 9.17) is 0 Å². The van der Waals surface area contributed by atoms with E-state index in [0.29, 0.717) is 12.8 Å². The van der Waals surface area contributed by atoms with E-state index >= 15 is 0 Å². The highest BCUT2D eigenvalue weighted by Crippen LogP contribution is 2.33. The number of aliphatic hydroxyl groups is 1. The van der Waals surface area contributed by atoms with Crippen molar-refractivity contribution in [3.63, 3.8) is 0 Å². The Balaban J connectivity index is 2.28.